The van der Waals surface area contributed by atoms with E-state index >= 15 is 0 Å². The van der Waals surface area contributed by atoms with Crippen molar-refractivity contribution < 1.29 is 31.0 Å². The Morgan fingerprint density at radius 3 is 2.00 bits per heavy atom. The monoisotopic (exact) mass is 304 g/mol. The van der Waals surface area contributed by atoms with Gasteiger partial charge in [-0.3, -0.25) is 9.11 Å². The maximum Gasteiger partial charge on any atom is 0.295 e. The van der Waals surface area contributed by atoms with Crippen LogP contribution in [0, 0.1) is 0 Å². The van der Waals surface area contributed by atoms with Gasteiger partial charge in [-0.1, -0.05) is 12.1 Å². The van der Waals surface area contributed by atoms with E-state index in [9.17, 15) is 21.9 Å². The molecule has 0 aliphatic heterocycles. The molecule has 3 N–H and O–H groups in total. The molecule has 102 valence electrons. The van der Waals surface area contributed by atoms with E-state index in [1.54, 1.807) is 0 Å². The average Bonchev–Trinajstić information content (AvgIpc) is 2.25. The predicted molar refractivity (Wildman–Crippen MR) is 65.2 cm³/mol. The molecule has 0 spiro atoms. The molecule has 0 amide bonds. The van der Waals surface area contributed by atoms with Crippen LogP contribution in [-0.2, 0) is 20.2 Å². The first kappa shape index (κ1) is 13.7. The lowest BCUT2D eigenvalue weighted by Crippen LogP contribution is -2.04. The van der Waals surface area contributed by atoms with E-state index in [0.29, 0.717) is 6.07 Å². The molecular formula is C10H8O7S2. The molecule has 0 unspecified atom stereocenters. The first-order chi connectivity index (χ1) is 8.60. The number of hydrogen-bond acceptors (Lipinski definition) is 5. The van der Waals surface area contributed by atoms with Crippen molar-refractivity contribution in [1.29, 1.82) is 0 Å². The zero-order valence-electron chi connectivity index (χ0n) is 9.18. The highest BCUT2D eigenvalue weighted by Gasteiger charge is 2.21. The fraction of sp³-hybridized carbons (Fsp3) is 0. The second-order valence-corrected chi connectivity index (χ2v) is 6.56. The van der Waals surface area contributed by atoms with Crippen LogP contribution < -0.4 is 0 Å². The van der Waals surface area contributed by atoms with Crippen molar-refractivity contribution in [2.75, 3.05) is 0 Å². The van der Waals surface area contributed by atoms with Gasteiger partial charge in [0, 0.05) is 10.8 Å². The molecule has 0 heterocycles. The first-order valence-electron chi connectivity index (χ1n) is 4.81. The van der Waals surface area contributed by atoms with Gasteiger partial charge in [0.2, 0.25) is 0 Å². The van der Waals surface area contributed by atoms with Crippen LogP contribution in [0.2, 0.25) is 0 Å². The van der Waals surface area contributed by atoms with E-state index in [4.69, 9.17) is 9.11 Å². The molecule has 0 radical (unpaired) electrons. The lowest BCUT2D eigenvalue weighted by Gasteiger charge is -2.07. The van der Waals surface area contributed by atoms with Gasteiger partial charge in [0.15, 0.2) is 0 Å². The Balaban J connectivity index is 3.06. The maximum absolute atomic E-state index is 11.2. The van der Waals surface area contributed by atoms with Crippen molar-refractivity contribution in [3.8, 4) is 5.75 Å². The smallest absolute Gasteiger partial charge is 0.295 e. The summed E-state index contributed by atoms with van der Waals surface area (Å²) in [5.41, 5.74) is 0. The molecule has 9 heteroatoms. The largest absolute Gasteiger partial charge is 0.507 e. The number of benzene rings is 2. The molecule has 0 atom stereocenters. The SMILES string of the molecule is O=S(=O)(O)c1cc(S(=O)(=O)O)c2cccc(O)c2c1. The van der Waals surface area contributed by atoms with Gasteiger partial charge in [-0.05, 0) is 18.2 Å². The number of phenolic OH excluding ortho intramolecular Hbond substituents is 1. The zero-order chi connectivity index (χ0) is 14.4. The van der Waals surface area contributed by atoms with Crippen molar-refractivity contribution in [3.05, 3.63) is 30.3 Å². The third-order valence-electron chi connectivity index (χ3n) is 2.48. The van der Waals surface area contributed by atoms with Crippen LogP contribution >= 0.6 is 0 Å². The summed E-state index contributed by atoms with van der Waals surface area (Å²) in [7, 11) is -9.40. The van der Waals surface area contributed by atoms with Gasteiger partial charge in [0.25, 0.3) is 20.2 Å². The molecule has 0 saturated carbocycles. The summed E-state index contributed by atoms with van der Waals surface area (Å²) in [6, 6.07) is 5.36. The van der Waals surface area contributed by atoms with E-state index in [1.807, 2.05) is 0 Å². The van der Waals surface area contributed by atoms with Crippen molar-refractivity contribution in [3.63, 3.8) is 0 Å². The van der Waals surface area contributed by atoms with Crippen molar-refractivity contribution >= 4 is 31.0 Å². The minimum absolute atomic E-state index is 0.0603. The number of fused-ring (bicyclic) bond motifs is 1. The molecule has 0 bridgehead atoms. The lowest BCUT2D eigenvalue weighted by molar-refractivity contribution is 0.480. The second-order valence-electron chi connectivity index (χ2n) is 3.74. The highest BCUT2D eigenvalue weighted by molar-refractivity contribution is 7.86. The fourth-order valence-corrected chi connectivity index (χ4v) is 3.01. The van der Waals surface area contributed by atoms with Crippen LogP contribution in [0.5, 0.6) is 5.75 Å². The van der Waals surface area contributed by atoms with Gasteiger partial charge < -0.3 is 5.11 Å². The Labute approximate surface area is 108 Å². The predicted octanol–water partition coefficient (Wildman–Crippen LogP) is 1.04. The van der Waals surface area contributed by atoms with Gasteiger partial charge in [-0.15, -0.1) is 0 Å². The van der Waals surface area contributed by atoms with Crippen LogP contribution in [0.4, 0.5) is 0 Å². The summed E-state index contributed by atoms with van der Waals surface area (Å²) >= 11 is 0. The van der Waals surface area contributed by atoms with Gasteiger partial charge in [0.1, 0.15) is 10.6 Å². The molecule has 0 aromatic heterocycles. The molecule has 0 saturated heterocycles. The van der Waals surface area contributed by atoms with Gasteiger partial charge in [-0.25, -0.2) is 0 Å². The molecule has 2 rings (SSSR count). The maximum atomic E-state index is 11.2. The first-order valence-corrected chi connectivity index (χ1v) is 7.69. The number of aromatic hydroxyl groups is 1. The Kier molecular flexibility index (Phi) is 3.01. The van der Waals surface area contributed by atoms with Crippen LogP contribution in [0.15, 0.2) is 40.1 Å². The Morgan fingerprint density at radius 2 is 1.47 bits per heavy atom. The molecule has 2 aromatic carbocycles. The topological polar surface area (TPSA) is 129 Å². The summed E-state index contributed by atoms with van der Waals surface area (Å²) in [4.78, 5) is -1.46. The third-order valence-corrected chi connectivity index (χ3v) is 4.21. The lowest BCUT2D eigenvalue weighted by atomic mass is 10.1. The van der Waals surface area contributed by atoms with Crippen molar-refractivity contribution in [2.45, 2.75) is 9.79 Å². The fourth-order valence-electron chi connectivity index (χ4n) is 1.67. The summed E-state index contributed by atoms with van der Waals surface area (Å²) in [6.07, 6.45) is 0. The molecule has 0 fully saturated rings. The minimum atomic E-state index is -4.72. The second kappa shape index (κ2) is 4.17. The summed E-state index contributed by atoms with van der Waals surface area (Å²) in [5, 5.41) is 9.42. The highest BCUT2D eigenvalue weighted by Crippen LogP contribution is 2.32. The van der Waals surface area contributed by atoms with E-state index in [0.717, 1.165) is 6.07 Å². The molecular weight excluding hydrogens is 296 g/mol. The average molecular weight is 304 g/mol. The van der Waals surface area contributed by atoms with Crippen molar-refractivity contribution in [1.82, 2.24) is 0 Å². The van der Waals surface area contributed by atoms with Crippen LogP contribution in [0.1, 0.15) is 0 Å². The van der Waals surface area contributed by atoms with Crippen molar-refractivity contribution in [2.24, 2.45) is 0 Å². The normalized spacial score (nSPS) is 12.7. The summed E-state index contributed by atoms with van der Waals surface area (Å²) in [5.74, 6) is -0.382. The molecule has 19 heavy (non-hydrogen) atoms. The number of rotatable bonds is 2. The molecule has 7 nitrogen and oxygen atoms in total. The van der Waals surface area contributed by atoms with E-state index < -0.39 is 30.0 Å². The minimum Gasteiger partial charge on any atom is -0.507 e. The zero-order valence-corrected chi connectivity index (χ0v) is 10.8. The van der Waals surface area contributed by atoms with Crippen LogP contribution in [0.3, 0.4) is 0 Å². The Bertz CT molecular complexity index is 866. The van der Waals surface area contributed by atoms with Gasteiger partial charge in [0.05, 0.1) is 4.90 Å². The molecule has 2 aromatic rings. The van der Waals surface area contributed by atoms with E-state index in [1.165, 1.54) is 18.2 Å². The number of phenols is 1. The summed E-state index contributed by atoms with van der Waals surface area (Å²) in [6.45, 7) is 0. The standard InChI is InChI=1S/C10H8O7S2/c11-9-3-1-2-7-8(9)4-6(18(12,13)14)5-10(7)19(15,16)17/h1-5,11H,(H,12,13,14)(H,15,16,17). The molecule has 0 aliphatic carbocycles. The Hall–Kier alpha value is -1.68. The quantitative estimate of drug-likeness (QED) is 0.707. The van der Waals surface area contributed by atoms with Gasteiger partial charge >= 0.3 is 0 Å². The summed E-state index contributed by atoms with van der Waals surface area (Å²) < 4.78 is 62.6. The molecule has 0 aliphatic rings. The highest BCUT2D eigenvalue weighted by atomic mass is 32.2. The van der Waals surface area contributed by atoms with Crippen LogP contribution in [0.25, 0.3) is 10.8 Å². The Morgan fingerprint density at radius 1 is 0.842 bits per heavy atom. The van der Waals surface area contributed by atoms with Crippen LogP contribution in [-0.4, -0.2) is 31.0 Å². The van der Waals surface area contributed by atoms with E-state index in [2.05, 4.69) is 0 Å². The third kappa shape index (κ3) is 2.54. The number of hydrogen-bond donors (Lipinski definition) is 3. The van der Waals surface area contributed by atoms with Gasteiger partial charge in [-0.2, -0.15) is 16.8 Å². The van der Waals surface area contributed by atoms with E-state index in [-0.39, 0.29) is 16.5 Å².